The number of hydrogen-bond acceptors (Lipinski definition) is 6. The fraction of sp³-hybridized carbons (Fsp3) is 0.192. The lowest BCUT2D eigenvalue weighted by Crippen LogP contribution is -2.18. The fourth-order valence-electron chi connectivity index (χ4n) is 3.76. The van der Waals surface area contributed by atoms with Gasteiger partial charge in [-0.1, -0.05) is 36.4 Å². The van der Waals surface area contributed by atoms with Gasteiger partial charge in [-0.3, -0.25) is 4.79 Å². The van der Waals surface area contributed by atoms with Gasteiger partial charge in [-0.05, 0) is 51.1 Å². The number of methoxy groups -OCH3 is 1. The minimum Gasteiger partial charge on any atom is -0.496 e. The van der Waals surface area contributed by atoms with Crippen LogP contribution in [-0.2, 0) is 0 Å². The van der Waals surface area contributed by atoms with Crippen LogP contribution in [0.4, 0.5) is 10.9 Å². The Morgan fingerprint density at radius 1 is 0.909 bits per heavy atom. The number of anilines is 2. The van der Waals surface area contributed by atoms with E-state index in [2.05, 4.69) is 26.7 Å². The van der Waals surface area contributed by atoms with Crippen LogP contribution in [0.25, 0.3) is 0 Å². The molecular weight excluding hydrogens is 432 g/mol. The molecule has 4 rings (SSSR count). The second-order valence-electron chi connectivity index (χ2n) is 7.76. The van der Waals surface area contributed by atoms with Crippen molar-refractivity contribution in [3.8, 4) is 5.75 Å². The summed E-state index contributed by atoms with van der Waals surface area (Å²) in [6, 6.07) is 20.7. The molecule has 0 saturated carbocycles. The minimum atomic E-state index is -0.335. The Balaban J connectivity index is 1.78. The average molecular weight is 459 g/mol. The Labute approximate surface area is 197 Å². The van der Waals surface area contributed by atoms with Crippen LogP contribution in [0.1, 0.15) is 43.8 Å². The molecule has 0 fully saturated rings. The number of nitrogens with one attached hydrogen (secondary N) is 2. The van der Waals surface area contributed by atoms with Crippen LogP contribution in [-0.4, -0.2) is 23.0 Å². The molecule has 0 spiro atoms. The van der Waals surface area contributed by atoms with Gasteiger partial charge in [0.05, 0.1) is 13.2 Å². The first-order chi connectivity index (χ1) is 15.9. The summed E-state index contributed by atoms with van der Waals surface area (Å²) in [6.45, 7) is 5.91. The number of para-hydroxylation sites is 1. The molecule has 168 valence electrons. The third kappa shape index (κ3) is 5.21. The van der Waals surface area contributed by atoms with E-state index < -0.39 is 0 Å². The maximum Gasteiger partial charge on any atom is 0.256 e. The van der Waals surface area contributed by atoms with Crippen LogP contribution in [0.5, 0.6) is 5.75 Å². The molecule has 0 unspecified atom stereocenters. The molecule has 33 heavy (non-hydrogen) atoms. The zero-order valence-corrected chi connectivity index (χ0v) is 19.9. The first-order valence-electron chi connectivity index (χ1n) is 10.6. The maximum absolute atomic E-state index is 12.9. The van der Waals surface area contributed by atoms with Gasteiger partial charge in [0.25, 0.3) is 5.91 Å². The summed E-state index contributed by atoms with van der Waals surface area (Å²) in [5, 5.41) is 7.36. The van der Waals surface area contributed by atoms with E-state index in [1.54, 1.807) is 19.2 Å². The SMILES string of the molecule is COc1ccccc1[C@@H](Nc1nc(C)cc(C)n1)c1cc(C)sc1NC(=O)c1ccccc1. The van der Waals surface area contributed by atoms with Gasteiger partial charge in [0.2, 0.25) is 5.95 Å². The van der Waals surface area contributed by atoms with Crippen molar-refractivity contribution >= 4 is 28.2 Å². The molecule has 0 aliphatic carbocycles. The summed E-state index contributed by atoms with van der Waals surface area (Å²) in [4.78, 5) is 23.2. The lowest BCUT2D eigenvalue weighted by Gasteiger charge is -2.22. The molecule has 2 N–H and O–H groups in total. The Bertz CT molecular complexity index is 1250. The molecule has 1 amide bonds. The number of carbonyl (C=O) groups excluding carboxylic acids is 1. The number of aromatic nitrogens is 2. The van der Waals surface area contributed by atoms with Gasteiger partial charge in [0.15, 0.2) is 0 Å². The summed E-state index contributed by atoms with van der Waals surface area (Å²) < 4.78 is 5.67. The van der Waals surface area contributed by atoms with Crippen LogP contribution < -0.4 is 15.4 Å². The van der Waals surface area contributed by atoms with E-state index in [0.717, 1.165) is 38.1 Å². The van der Waals surface area contributed by atoms with Gasteiger partial charge in [0.1, 0.15) is 10.8 Å². The molecular formula is C26H26N4O2S. The Kier molecular flexibility index (Phi) is 6.70. The van der Waals surface area contributed by atoms with Gasteiger partial charge in [-0.25, -0.2) is 9.97 Å². The van der Waals surface area contributed by atoms with Crippen LogP contribution >= 0.6 is 11.3 Å². The molecule has 2 heterocycles. The number of carbonyl (C=O) groups is 1. The van der Waals surface area contributed by atoms with Crippen molar-refractivity contribution in [2.45, 2.75) is 26.8 Å². The quantitative estimate of drug-likeness (QED) is 0.359. The number of amides is 1. The minimum absolute atomic E-state index is 0.153. The summed E-state index contributed by atoms with van der Waals surface area (Å²) in [7, 11) is 1.65. The number of benzene rings is 2. The molecule has 6 nitrogen and oxygen atoms in total. The predicted molar refractivity (Wildman–Crippen MR) is 133 cm³/mol. The van der Waals surface area contributed by atoms with Crippen LogP contribution in [0, 0.1) is 20.8 Å². The van der Waals surface area contributed by atoms with E-state index in [0.29, 0.717) is 11.5 Å². The number of nitrogens with zero attached hydrogens (tertiary/aromatic N) is 2. The molecule has 0 aliphatic rings. The van der Waals surface area contributed by atoms with Gasteiger partial charge < -0.3 is 15.4 Å². The molecule has 2 aromatic carbocycles. The fourth-order valence-corrected chi connectivity index (χ4v) is 4.70. The largest absolute Gasteiger partial charge is 0.496 e. The highest BCUT2D eigenvalue weighted by atomic mass is 32.1. The summed E-state index contributed by atoms with van der Waals surface area (Å²) in [5.74, 6) is 1.11. The van der Waals surface area contributed by atoms with Crippen molar-refractivity contribution in [2.24, 2.45) is 0 Å². The van der Waals surface area contributed by atoms with E-state index in [4.69, 9.17) is 4.74 Å². The van der Waals surface area contributed by atoms with E-state index in [9.17, 15) is 4.79 Å². The smallest absolute Gasteiger partial charge is 0.256 e. The number of ether oxygens (including phenoxy) is 1. The van der Waals surface area contributed by atoms with Crippen LogP contribution in [0.15, 0.2) is 66.7 Å². The number of rotatable bonds is 7. The average Bonchev–Trinajstić information content (AvgIpc) is 3.17. The zero-order valence-electron chi connectivity index (χ0n) is 19.0. The first-order valence-corrected chi connectivity index (χ1v) is 11.4. The number of aryl methyl sites for hydroxylation is 3. The Morgan fingerprint density at radius 2 is 1.58 bits per heavy atom. The van der Waals surface area contributed by atoms with Crippen molar-refractivity contribution in [3.05, 3.63) is 99.7 Å². The van der Waals surface area contributed by atoms with E-state index in [1.807, 2.05) is 69.3 Å². The van der Waals surface area contributed by atoms with Gasteiger partial charge >= 0.3 is 0 Å². The van der Waals surface area contributed by atoms with E-state index in [-0.39, 0.29) is 11.9 Å². The van der Waals surface area contributed by atoms with Gasteiger partial charge in [0, 0.05) is 33.0 Å². The predicted octanol–water partition coefficient (Wildman–Crippen LogP) is 5.93. The molecule has 7 heteroatoms. The zero-order chi connectivity index (χ0) is 23.4. The van der Waals surface area contributed by atoms with Crippen molar-refractivity contribution in [1.29, 1.82) is 0 Å². The summed E-state index contributed by atoms with van der Waals surface area (Å²) in [6.07, 6.45) is 0. The van der Waals surface area contributed by atoms with Crippen molar-refractivity contribution in [2.75, 3.05) is 17.7 Å². The number of hydrogen-bond donors (Lipinski definition) is 2. The molecule has 2 aromatic heterocycles. The molecule has 0 saturated heterocycles. The first kappa shape index (κ1) is 22.5. The van der Waals surface area contributed by atoms with Crippen molar-refractivity contribution < 1.29 is 9.53 Å². The highest BCUT2D eigenvalue weighted by Crippen LogP contribution is 2.40. The van der Waals surface area contributed by atoms with E-state index in [1.165, 1.54) is 11.3 Å². The topological polar surface area (TPSA) is 76.1 Å². The third-order valence-corrected chi connectivity index (χ3v) is 6.15. The second-order valence-corrected chi connectivity index (χ2v) is 9.01. The van der Waals surface area contributed by atoms with E-state index >= 15 is 0 Å². The molecule has 4 aromatic rings. The lowest BCUT2D eigenvalue weighted by molar-refractivity contribution is 0.102. The standard InChI is InChI=1S/C26H26N4O2S/c1-16-14-17(2)28-26(27-16)29-23(20-12-8-9-13-22(20)32-4)21-15-18(3)33-25(21)30-24(31)19-10-6-5-7-11-19/h5-15,23H,1-4H3,(H,30,31)(H,27,28,29)/t23-/m1/s1. The van der Waals surface area contributed by atoms with Gasteiger partial charge in [-0.15, -0.1) is 11.3 Å². The second kappa shape index (κ2) is 9.83. The lowest BCUT2D eigenvalue weighted by atomic mass is 9.99. The molecule has 0 bridgehead atoms. The summed E-state index contributed by atoms with van der Waals surface area (Å²) in [5.41, 5.74) is 4.21. The summed E-state index contributed by atoms with van der Waals surface area (Å²) >= 11 is 1.54. The molecule has 0 radical (unpaired) electrons. The normalized spacial score (nSPS) is 11.6. The van der Waals surface area contributed by atoms with Crippen LogP contribution in [0.3, 0.4) is 0 Å². The monoisotopic (exact) mass is 458 g/mol. The molecule has 1 atom stereocenters. The third-order valence-electron chi connectivity index (χ3n) is 5.16. The Hall–Kier alpha value is -3.71. The van der Waals surface area contributed by atoms with Gasteiger partial charge in [-0.2, -0.15) is 0 Å². The van der Waals surface area contributed by atoms with Crippen molar-refractivity contribution in [1.82, 2.24) is 9.97 Å². The van der Waals surface area contributed by atoms with Crippen molar-refractivity contribution in [3.63, 3.8) is 0 Å². The maximum atomic E-state index is 12.9. The highest BCUT2D eigenvalue weighted by molar-refractivity contribution is 7.16. The van der Waals surface area contributed by atoms with Crippen LogP contribution in [0.2, 0.25) is 0 Å². The highest BCUT2D eigenvalue weighted by Gasteiger charge is 2.25. The Morgan fingerprint density at radius 3 is 2.27 bits per heavy atom. The number of thiophene rings is 1. The molecule has 0 aliphatic heterocycles.